The van der Waals surface area contributed by atoms with Gasteiger partial charge >= 0.3 is 0 Å². The van der Waals surface area contributed by atoms with Crippen LogP contribution in [0.4, 0.5) is 5.69 Å². The van der Waals surface area contributed by atoms with E-state index in [0.717, 1.165) is 25.3 Å². The first kappa shape index (κ1) is 16.3. The van der Waals surface area contributed by atoms with Gasteiger partial charge in [0.1, 0.15) is 0 Å². The average molecular weight is 310 g/mol. The molecular formula is C16H26N2O2S. The fourth-order valence-electron chi connectivity index (χ4n) is 2.75. The summed E-state index contributed by atoms with van der Waals surface area (Å²) in [4.78, 5) is 0.417. The van der Waals surface area contributed by atoms with Gasteiger partial charge in [-0.05, 0) is 55.5 Å². The van der Waals surface area contributed by atoms with E-state index in [0.29, 0.717) is 11.3 Å². The van der Waals surface area contributed by atoms with Crippen LogP contribution in [0.25, 0.3) is 0 Å². The van der Waals surface area contributed by atoms with Crippen molar-refractivity contribution in [1.82, 2.24) is 5.32 Å². The summed E-state index contributed by atoms with van der Waals surface area (Å²) >= 11 is 0. The quantitative estimate of drug-likeness (QED) is 0.848. The van der Waals surface area contributed by atoms with Gasteiger partial charge in [-0.15, -0.1) is 0 Å². The Labute approximate surface area is 128 Å². The fourth-order valence-corrected chi connectivity index (χ4v) is 4.08. The molecular weight excluding hydrogens is 284 g/mol. The highest BCUT2D eigenvalue weighted by molar-refractivity contribution is 7.91. The molecule has 1 aliphatic heterocycles. The van der Waals surface area contributed by atoms with Crippen molar-refractivity contribution >= 4 is 15.5 Å². The molecule has 1 aliphatic rings. The van der Waals surface area contributed by atoms with Crippen LogP contribution in [0.1, 0.15) is 33.1 Å². The summed E-state index contributed by atoms with van der Waals surface area (Å²) in [6.07, 6.45) is 3.08. The van der Waals surface area contributed by atoms with E-state index in [1.54, 1.807) is 12.1 Å². The lowest BCUT2D eigenvalue weighted by Gasteiger charge is -2.34. The Morgan fingerprint density at radius 2 is 2.00 bits per heavy atom. The number of hydrogen-bond donors (Lipinski definition) is 2. The molecule has 1 atom stereocenters. The maximum absolute atomic E-state index is 12.0. The third kappa shape index (κ3) is 4.45. The molecule has 2 rings (SSSR count). The van der Waals surface area contributed by atoms with Crippen molar-refractivity contribution in [2.24, 2.45) is 5.41 Å². The molecule has 0 saturated carbocycles. The Morgan fingerprint density at radius 1 is 1.29 bits per heavy atom. The van der Waals surface area contributed by atoms with Gasteiger partial charge < -0.3 is 10.6 Å². The molecule has 118 valence electrons. The highest BCUT2D eigenvalue weighted by atomic mass is 32.2. The van der Waals surface area contributed by atoms with Gasteiger partial charge in [0.05, 0.1) is 10.6 Å². The Balaban J connectivity index is 1.96. The summed E-state index contributed by atoms with van der Waals surface area (Å²) < 4.78 is 23.9. The lowest BCUT2D eigenvalue weighted by atomic mass is 9.83. The van der Waals surface area contributed by atoms with Crippen LogP contribution in [0, 0.1) is 5.41 Å². The Bertz CT molecular complexity index is 546. The zero-order valence-electron chi connectivity index (χ0n) is 13.0. The van der Waals surface area contributed by atoms with Gasteiger partial charge in [0.15, 0.2) is 9.84 Å². The predicted molar refractivity (Wildman–Crippen MR) is 87.5 cm³/mol. The first-order chi connectivity index (χ1) is 9.95. The molecule has 1 aromatic rings. The number of anilines is 1. The average Bonchev–Trinajstić information content (AvgIpc) is 2.46. The van der Waals surface area contributed by atoms with Crippen molar-refractivity contribution in [3.8, 4) is 0 Å². The number of benzene rings is 1. The Kier molecular flexibility index (Phi) is 5.27. The zero-order valence-corrected chi connectivity index (χ0v) is 13.8. The normalized spacial score (nSPS) is 23.0. The third-order valence-electron chi connectivity index (χ3n) is 4.09. The van der Waals surface area contributed by atoms with Crippen LogP contribution in [-0.4, -0.2) is 33.8 Å². The van der Waals surface area contributed by atoms with E-state index in [4.69, 9.17) is 0 Å². The van der Waals surface area contributed by atoms with Gasteiger partial charge in [0.2, 0.25) is 0 Å². The van der Waals surface area contributed by atoms with Gasteiger partial charge in [-0.1, -0.05) is 13.8 Å². The molecule has 5 heteroatoms. The van der Waals surface area contributed by atoms with Crippen LogP contribution in [0.5, 0.6) is 0 Å². The highest BCUT2D eigenvalue weighted by Gasteiger charge is 2.26. The van der Waals surface area contributed by atoms with E-state index < -0.39 is 9.84 Å². The standard InChI is InChI=1S/C16H26N2O2S/c1-3-11-21(19,20)15-7-5-14(6-8-15)18-13-16(2)9-4-10-17-12-16/h5-8,17-18H,3-4,9-13H2,1-2H3. The number of sulfone groups is 1. The second kappa shape index (κ2) is 6.79. The van der Waals surface area contributed by atoms with Gasteiger partial charge in [-0.3, -0.25) is 0 Å². The highest BCUT2D eigenvalue weighted by Crippen LogP contribution is 2.26. The van der Waals surface area contributed by atoms with Crippen molar-refractivity contribution in [1.29, 1.82) is 0 Å². The first-order valence-corrected chi connectivity index (χ1v) is 9.38. The number of hydrogen-bond acceptors (Lipinski definition) is 4. The molecule has 0 amide bonds. The van der Waals surface area contributed by atoms with E-state index in [1.165, 1.54) is 12.8 Å². The lowest BCUT2D eigenvalue weighted by Crippen LogP contribution is -2.42. The number of piperidine rings is 1. The van der Waals surface area contributed by atoms with Crippen molar-refractivity contribution < 1.29 is 8.42 Å². The van der Waals surface area contributed by atoms with E-state index in [9.17, 15) is 8.42 Å². The third-order valence-corrected chi connectivity index (χ3v) is 6.03. The number of nitrogens with one attached hydrogen (secondary N) is 2. The van der Waals surface area contributed by atoms with Crippen LogP contribution in [0.3, 0.4) is 0 Å². The summed E-state index contributed by atoms with van der Waals surface area (Å²) in [5, 5.41) is 6.87. The molecule has 21 heavy (non-hydrogen) atoms. The van der Waals surface area contributed by atoms with E-state index in [1.807, 2.05) is 19.1 Å². The summed E-state index contributed by atoms with van der Waals surface area (Å²) in [6.45, 7) is 7.21. The molecule has 0 spiro atoms. The van der Waals surface area contributed by atoms with Crippen molar-refractivity contribution in [2.75, 3.05) is 30.7 Å². The Hall–Kier alpha value is -1.07. The first-order valence-electron chi connectivity index (χ1n) is 7.73. The summed E-state index contributed by atoms with van der Waals surface area (Å²) in [7, 11) is -3.11. The van der Waals surface area contributed by atoms with Crippen LogP contribution >= 0.6 is 0 Å². The van der Waals surface area contributed by atoms with E-state index in [2.05, 4.69) is 17.6 Å². The maximum atomic E-state index is 12.0. The van der Waals surface area contributed by atoms with Crippen molar-refractivity contribution in [3.05, 3.63) is 24.3 Å². The molecule has 1 saturated heterocycles. The second-order valence-electron chi connectivity index (χ2n) is 6.29. The molecule has 1 aromatic carbocycles. The molecule has 2 N–H and O–H groups in total. The maximum Gasteiger partial charge on any atom is 0.178 e. The SMILES string of the molecule is CCCS(=O)(=O)c1ccc(NCC2(C)CCCNC2)cc1. The summed E-state index contributed by atoms with van der Waals surface area (Å²) in [5.41, 5.74) is 1.25. The smallest absolute Gasteiger partial charge is 0.178 e. The fraction of sp³-hybridized carbons (Fsp3) is 0.625. The predicted octanol–water partition coefficient (Wildman–Crippen LogP) is 2.67. The zero-order chi connectivity index (χ0) is 15.3. The number of rotatable bonds is 6. The van der Waals surface area contributed by atoms with Crippen molar-refractivity contribution in [3.63, 3.8) is 0 Å². The van der Waals surface area contributed by atoms with Crippen LogP contribution in [0.15, 0.2) is 29.2 Å². The largest absolute Gasteiger partial charge is 0.384 e. The Morgan fingerprint density at radius 3 is 2.57 bits per heavy atom. The molecule has 1 unspecified atom stereocenters. The lowest BCUT2D eigenvalue weighted by molar-refractivity contribution is 0.253. The van der Waals surface area contributed by atoms with Gasteiger partial charge in [0.25, 0.3) is 0 Å². The van der Waals surface area contributed by atoms with Crippen molar-refractivity contribution in [2.45, 2.75) is 38.0 Å². The van der Waals surface area contributed by atoms with E-state index >= 15 is 0 Å². The minimum atomic E-state index is -3.11. The van der Waals surface area contributed by atoms with E-state index in [-0.39, 0.29) is 11.2 Å². The van der Waals surface area contributed by atoms with Crippen LogP contribution < -0.4 is 10.6 Å². The van der Waals surface area contributed by atoms with Crippen LogP contribution in [0.2, 0.25) is 0 Å². The van der Waals surface area contributed by atoms with Crippen LogP contribution in [-0.2, 0) is 9.84 Å². The van der Waals surface area contributed by atoms with Gasteiger partial charge in [0, 0.05) is 18.8 Å². The summed E-state index contributed by atoms with van der Waals surface area (Å²) in [5.74, 6) is 0.212. The molecule has 0 bridgehead atoms. The molecule has 0 aliphatic carbocycles. The minimum absolute atomic E-state index is 0.212. The summed E-state index contributed by atoms with van der Waals surface area (Å²) in [6, 6.07) is 7.13. The van der Waals surface area contributed by atoms with Gasteiger partial charge in [-0.25, -0.2) is 8.42 Å². The molecule has 0 aromatic heterocycles. The van der Waals surface area contributed by atoms with Gasteiger partial charge in [-0.2, -0.15) is 0 Å². The topological polar surface area (TPSA) is 58.2 Å². The minimum Gasteiger partial charge on any atom is -0.384 e. The molecule has 0 radical (unpaired) electrons. The molecule has 4 nitrogen and oxygen atoms in total. The monoisotopic (exact) mass is 310 g/mol. The molecule has 1 fully saturated rings. The second-order valence-corrected chi connectivity index (χ2v) is 8.40. The molecule has 1 heterocycles.